The van der Waals surface area contributed by atoms with Crippen LogP contribution in [0.3, 0.4) is 0 Å². The van der Waals surface area contributed by atoms with E-state index in [4.69, 9.17) is 4.74 Å². The number of nitrogens with one attached hydrogen (secondary N) is 2. The van der Waals surface area contributed by atoms with Gasteiger partial charge in [-0.25, -0.2) is 13.2 Å². The zero-order valence-corrected chi connectivity index (χ0v) is 26.6. The Hall–Kier alpha value is -4.07. The number of hydrogen-bond acceptors (Lipinski definition) is 9. The summed E-state index contributed by atoms with van der Waals surface area (Å²) >= 11 is 0. The number of aliphatic hydroxyl groups is 1. The Balaban J connectivity index is 1.01. The lowest BCUT2D eigenvalue weighted by Crippen LogP contribution is -2.36. The van der Waals surface area contributed by atoms with E-state index in [0.29, 0.717) is 49.6 Å². The second-order valence-corrected chi connectivity index (χ2v) is 13.9. The van der Waals surface area contributed by atoms with Gasteiger partial charge in [0.2, 0.25) is 0 Å². The number of ether oxygens (including phenoxy) is 1. The third-order valence-electron chi connectivity index (χ3n) is 8.86. The molecule has 1 saturated carbocycles. The molecule has 46 heavy (non-hydrogen) atoms. The van der Waals surface area contributed by atoms with Crippen molar-refractivity contribution in [2.24, 2.45) is 5.92 Å². The minimum atomic E-state index is -3.86. The van der Waals surface area contributed by atoms with E-state index >= 15 is 0 Å². The Kier molecular flexibility index (Phi) is 10.1. The van der Waals surface area contributed by atoms with Gasteiger partial charge < -0.3 is 15.2 Å². The quantitative estimate of drug-likeness (QED) is 0.195. The van der Waals surface area contributed by atoms with Crippen LogP contribution in [0.15, 0.2) is 76.7 Å². The van der Waals surface area contributed by atoms with Crippen LogP contribution in [0.2, 0.25) is 0 Å². The van der Waals surface area contributed by atoms with Crippen molar-refractivity contribution in [2.45, 2.75) is 81.4 Å². The van der Waals surface area contributed by atoms with Gasteiger partial charge in [-0.2, -0.15) is 9.36 Å². The van der Waals surface area contributed by atoms with Crippen molar-refractivity contribution in [3.63, 3.8) is 0 Å². The molecular weight excluding hydrogens is 606 g/mol. The molecule has 2 aliphatic rings. The topological polar surface area (TPSA) is 153 Å². The van der Waals surface area contributed by atoms with Crippen LogP contribution in [-0.2, 0) is 23.0 Å². The molecule has 0 bridgehead atoms. The number of benzene rings is 2. The number of hydrogen-bond donors (Lipinski definition) is 3. The van der Waals surface area contributed by atoms with E-state index < -0.39 is 16.1 Å². The Bertz CT molecular complexity index is 1750. The van der Waals surface area contributed by atoms with Gasteiger partial charge in [-0.15, -0.1) is 0 Å². The molecule has 0 radical (unpaired) electrons. The van der Waals surface area contributed by atoms with Crippen molar-refractivity contribution in [1.82, 2.24) is 30.1 Å². The van der Waals surface area contributed by atoms with E-state index in [1.807, 2.05) is 6.07 Å². The molecule has 244 valence electrons. The van der Waals surface area contributed by atoms with E-state index in [9.17, 15) is 18.3 Å². The van der Waals surface area contributed by atoms with Gasteiger partial charge in [0.15, 0.2) is 0 Å². The molecule has 1 aliphatic heterocycles. The maximum Gasteiger partial charge on any atom is 0.368 e. The molecule has 2 unspecified atom stereocenters. The van der Waals surface area contributed by atoms with Gasteiger partial charge in [-0.1, -0.05) is 38.2 Å². The maximum absolute atomic E-state index is 13.2. The fourth-order valence-electron chi connectivity index (χ4n) is 6.27. The van der Waals surface area contributed by atoms with Crippen molar-refractivity contribution in [3.05, 3.63) is 88.6 Å². The van der Waals surface area contributed by atoms with Crippen LogP contribution in [0, 0.1) is 5.92 Å². The Morgan fingerprint density at radius 1 is 1.02 bits per heavy atom. The molecule has 0 amide bonds. The Morgan fingerprint density at radius 3 is 2.63 bits per heavy atom. The van der Waals surface area contributed by atoms with Crippen molar-refractivity contribution in [1.29, 1.82) is 0 Å². The van der Waals surface area contributed by atoms with E-state index in [2.05, 4.69) is 25.4 Å². The number of aliphatic hydroxyl groups excluding tert-OH is 1. The third kappa shape index (κ3) is 7.83. The smallest absolute Gasteiger partial charge is 0.368 e. The zero-order valence-electron chi connectivity index (χ0n) is 25.8. The SMILES string of the molecule is O=c1n(CCCC2CCCCC2)nnn1-c1ccc(NS(=O)(=O)c2ccc3c(c2)CCC(CNCC(O)c2cccnc2)O3)cc1. The highest BCUT2D eigenvalue weighted by Gasteiger charge is 2.23. The van der Waals surface area contributed by atoms with Gasteiger partial charge in [0.05, 0.1) is 16.7 Å². The number of nitrogens with zero attached hydrogens (tertiary/aromatic N) is 5. The number of anilines is 1. The minimum Gasteiger partial charge on any atom is -0.489 e. The average molecular weight is 648 g/mol. The maximum atomic E-state index is 13.2. The van der Waals surface area contributed by atoms with Crippen LogP contribution in [-0.4, -0.2) is 57.5 Å². The van der Waals surface area contributed by atoms with Gasteiger partial charge in [-0.3, -0.25) is 9.71 Å². The number of rotatable bonds is 13. The molecule has 2 aromatic heterocycles. The van der Waals surface area contributed by atoms with Crippen LogP contribution in [0.4, 0.5) is 5.69 Å². The molecule has 4 aromatic rings. The summed E-state index contributed by atoms with van der Waals surface area (Å²) in [5.74, 6) is 1.40. The summed E-state index contributed by atoms with van der Waals surface area (Å²) in [5, 5.41) is 21.7. The fourth-order valence-corrected chi connectivity index (χ4v) is 7.38. The second kappa shape index (κ2) is 14.6. The highest BCUT2D eigenvalue weighted by Crippen LogP contribution is 2.31. The molecule has 6 rings (SSSR count). The van der Waals surface area contributed by atoms with Crippen molar-refractivity contribution < 1.29 is 18.3 Å². The average Bonchev–Trinajstić information content (AvgIpc) is 3.45. The van der Waals surface area contributed by atoms with Crippen LogP contribution in [0.25, 0.3) is 5.69 Å². The zero-order chi connectivity index (χ0) is 31.9. The fraction of sp³-hybridized carbons (Fsp3) is 0.455. The first-order chi connectivity index (χ1) is 22.4. The Morgan fingerprint density at radius 2 is 1.85 bits per heavy atom. The first kappa shape index (κ1) is 31.9. The summed E-state index contributed by atoms with van der Waals surface area (Å²) in [6.45, 7) is 1.46. The molecule has 2 aromatic carbocycles. The van der Waals surface area contributed by atoms with Crippen LogP contribution in [0.1, 0.15) is 68.6 Å². The molecule has 1 aliphatic carbocycles. The lowest BCUT2D eigenvalue weighted by molar-refractivity contribution is 0.146. The summed E-state index contributed by atoms with van der Waals surface area (Å²) < 4.78 is 37.8. The van der Waals surface area contributed by atoms with Gasteiger partial charge >= 0.3 is 5.69 Å². The van der Waals surface area contributed by atoms with Crippen molar-refractivity contribution in [2.75, 3.05) is 17.8 Å². The van der Waals surface area contributed by atoms with Crippen LogP contribution < -0.4 is 20.5 Å². The van der Waals surface area contributed by atoms with E-state index in [1.54, 1.807) is 54.9 Å². The molecule has 3 heterocycles. The molecule has 3 N–H and O–H groups in total. The summed E-state index contributed by atoms with van der Waals surface area (Å²) in [6, 6.07) is 15.0. The van der Waals surface area contributed by atoms with Gasteiger partial charge in [-0.05, 0) is 96.1 Å². The van der Waals surface area contributed by atoms with E-state index in [0.717, 1.165) is 29.9 Å². The Labute approximate surface area is 268 Å². The highest BCUT2D eigenvalue weighted by atomic mass is 32.2. The normalized spacial score (nSPS) is 17.6. The predicted molar refractivity (Wildman–Crippen MR) is 173 cm³/mol. The standard InChI is InChI=1S/C33H41N7O5S/c41-31(26-9-4-18-34-21-26)23-35-22-29-15-10-25-20-30(16-17-32(25)45-29)46(43,44)36-27-11-13-28(14-12-27)40-33(42)39(37-38-40)19-5-8-24-6-2-1-3-7-24/h4,9,11-14,16-18,20-21,24,29,31,35-36,41H,1-3,5-8,10,15,19,22-23H2. The third-order valence-corrected chi connectivity index (χ3v) is 10.2. The number of pyridine rings is 1. The molecule has 13 heteroatoms. The number of aryl methyl sites for hydroxylation is 2. The van der Waals surface area contributed by atoms with Crippen molar-refractivity contribution in [3.8, 4) is 11.4 Å². The van der Waals surface area contributed by atoms with Crippen molar-refractivity contribution >= 4 is 15.7 Å². The summed E-state index contributed by atoms with van der Waals surface area (Å²) in [7, 11) is -3.86. The summed E-state index contributed by atoms with van der Waals surface area (Å²) in [5.41, 5.74) is 2.14. The molecule has 12 nitrogen and oxygen atoms in total. The molecule has 0 spiro atoms. The van der Waals surface area contributed by atoms with E-state index in [-0.39, 0.29) is 16.7 Å². The molecule has 2 atom stereocenters. The second-order valence-electron chi connectivity index (χ2n) is 12.2. The highest BCUT2D eigenvalue weighted by molar-refractivity contribution is 7.92. The molecule has 1 fully saturated rings. The molecular formula is C33H41N7O5S. The van der Waals surface area contributed by atoms with Gasteiger partial charge in [0.25, 0.3) is 10.0 Å². The largest absolute Gasteiger partial charge is 0.489 e. The summed E-state index contributed by atoms with van der Waals surface area (Å²) in [6.07, 6.45) is 12.4. The van der Waals surface area contributed by atoms with Crippen LogP contribution >= 0.6 is 0 Å². The predicted octanol–water partition coefficient (Wildman–Crippen LogP) is 4.00. The van der Waals surface area contributed by atoms with Gasteiger partial charge in [0, 0.05) is 43.3 Å². The lowest BCUT2D eigenvalue weighted by Gasteiger charge is -2.27. The molecule has 0 saturated heterocycles. The van der Waals surface area contributed by atoms with Gasteiger partial charge in [0.1, 0.15) is 11.9 Å². The minimum absolute atomic E-state index is 0.0941. The summed E-state index contributed by atoms with van der Waals surface area (Å²) in [4.78, 5) is 17.1. The number of sulfonamides is 1. The van der Waals surface area contributed by atoms with E-state index in [1.165, 1.54) is 47.5 Å². The lowest BCUT2D eigenvalue weighted by atomic mass is 9.86. The first-order valence-corrected chi connectivity index (χ1v) is 17.6. The first-order valence-electron chi connectivity index (χ1n) is 16.1. The van der Waals surface area contributed by atoms with Crippen LogP contribution in [0.5, 0.6) is 5.75 Å². The number of fused-ring (bicyclic) bond motifs is 1. The number of tetrazole rings is 1. The monoisotopic (exact) mass is 647 g/mol. The number of aromatic nitrogens is 5.